The van der Waals surface area contributed by atoms with Crippen molar-refractivity contribution in [3.05, 3.63) is 62.6 Å². The van der Waals surface area contributed by atoms with Crippen LogP contribution < -0.4 is 10.6 Å². The number of carbonyl (C=O) groups excluding carboxylic acids is 3. The molecule has 1 aliphatic heterocycles. The maximum Gasteiger partial charge on any atom is 0.271 e. The van der Waals surface area contributed by atoms with Crippen LogP contribution in [-0.4, -0.2) is 46.3 Å². The van der Waals surface area contributed by atoms with Crippen molar-refractivity contribution >= 4 is 81.4 Å². The Morgan fingerprint density at radius 3 is 2.41 bits per heavy atom. The number of hydrogen-bond donors (Lipinski definition) is 2. The SMILES string of the molecule is CCN1OCC(NC(=O)c2cc(NC(=O)C3C(c4cc(Cl)cc(Cl)c4)C3(Cl)Cl)ccc2Cl)C1=O. The number of amides is 3. The van der Waals surface area contributed by atoms with Gasteiger partial charge >= 0.3 is 0 Å². The molecule has 1 saturated carbocycles. The van der Waals surface area contributed by atoms with E-state index in [0.717, 1.165) is 0 Å². The van der Waals surface area contributed by atoms with Gasteiger partial charge in [0.1, 0.15) is 17.0 Å². The van der Waals surface area contributed by atoms with E-state index in [4.69, 9.17) is 62.8 Å². The number of anilines is 1. The lowest BCUT2D eigenvalue weighted by Gasteiger charge is -2.13. The predicted octanol–water partition coefficient (Wildman–Crippen LogP) is 5.06. The molecular weight excluding hydrogens is 548 g/mol. The van der Waals surface area contributed by atoms with E-state index in [0.29, 0.717) is 27.8 Å². The largest absolute Gasteiger partial charge is 0.338 e. The summed E-state index contributed by atoms with van der Waals surface area (Å²) in [7, 11) is 0. The lowest BCUT2D eigenvalue weighted by atomic mass is 10.1. The zero-order valence-corrected chi connectivity index (χ0v) is 21.4. The van der Waals surface area contributed by atoms with E-state index in [1.807, 2.05) is 0 Å². The molecule has 7 nitrogen and oxygen atoms in total. The van der Waals surface area contributed by atoms with Crippen LogP contribution in [0.2, 0.25) is 15.1 Å². The summed E-state index contributed by atoms with van der Waals surface area (Å²) in [6, 6.07) is 8.47. The molecule has 1 aliphatic carbocycles. The maximum atomic E-state index is 13.0. The normalized spacial score (nSPS) is 23.1. The molecule has 2 aromatic rings. The average molecular weight is 566 g/mol. The molecule has 2 N–H and O–H groups in total. The van der Waals surface area contributed by atoms with Gasteiger partial charge in [-0.15, -0.1) is 23.2 Å². The first kappa shape index (κ1) is 25.4. The number of nitrogens with zero attached hydrogens (tertiary/aromatic N) is 1. The van der Waals surface area contributed by atoms with Crippen LogP contribution in [0.15, 0.2) is 36.4 Å². The summed E-state index contributed by atoms with van der Waals surface area (Å²) in [6.07, 6.45) is 0. The van der Waals surface area contributed by atoms with E-state index in [2.05, 4.69) is 10.6 Å². The summed E-state index contributed by atoms with van der Waals surface area (Å²) in [5.74, 6) is -2.66. The molecule has 0 bridgehead atoms. The Morgan fingerprint density at radius 1 is 1.12 bits per heavy atom. The molecule has 3 atom stereocenters. The van der Waals surface area contributed by atoms with Crippen molar-refractivity contribution in [3.63, 3.8) is 0 Å². The van der Waals surface area contributed by atoms with Gasteiger partial charge in [0, 0.05) is 28.2 Å². The van der Waals surface area contributed by atoms with Crippen LogP contribution in [0.4, 0.5) is 5.69 Å². The fraction of sp³-hybridized carbons (Fsp3) is 0.318. The second-order valence-corrected chi connectivity index (χ2v) is 10.6. The molecule has 4 rings (SSSR count). The molecule has 180 valence electrons. The van der Waals surface area contributed by atoms with Crippen molar-refractivity contribution in [3.8, 4) is 0 Å². The monoisotopic (exact) mass is 563 g/mol. The maximum absolute atomic E-state index is 13.0. The summed E-state index contributed by atoms with van der Waals surface area (Å²) in [5.41, 5.74) is 1.03. The highest BCUT2D eigenvalue weighted by Crippen LogP contribution is 2.65. The lowest BCUT2D eigenvalue weighted by molar-refractivity contribution is -0.160. The van der Waals surface area contributed by atoms with Gasteiger partial charge in [-0.3, -0.25) is 19.2 Å². The molecule has 34 heavy (non-hydrogen) atoms. The molecule has 2 fully saturated rings. The van der Waals surface area contributed by atoms with Gasteiger partial charge in [0.2, 0.25) is 5.91 Å². The topological polar surface area (TPSA) is 87.7 Å². The number of rotatable bonds is 6. The Bertz CT molecular complexity index is 1150. The number of hydrogen-bond acceptors (Lipinski definition) is 4. The third kappa shape index (κ3) is 4.96. The Kier molecular flexibility index (Phi) is 7.25. The van der Waals surface area contributed by atoms with Crippen LogP contribution in [-0.2, 0) is 14.4 Å². The second-order valence-electron chi connectivity index (χ2n) is 7.87. The number of likely N-dealkylation sites (N-methyl/N-ethyl adjacent to an activating group) is 1. The number of carbonyl (C=O) groups is 3. The van der Waals surface area contributed by atoms with E-state index in [9.17, 15) is 14.4 Å². The van der Waals surface area contributed by atoms with Gasteiger partial charge < -0.3 is 10.6 Å². The van der Waals surface area contributed by atoms with Crippen LogP contribution in [0.25, 0.3) is 0 Å². The van der Waals surface area contributed by atoms with E-state index in [1.54, 1.807) is 25.1 Å². The fourth-order valence-corrected chi connectivity index (χ4v) is 5.45. The molecule has 1 saturated heterocycles. The Balaban J connectivity index is 1.47. The van der Waals surface area contributed by atoms with Crippen molar-refractivity contribution < 1.29 is 19.2 Å². The summed E-state index contributed by atoms with van der Waals surface area (Å²) < 4.78 is -1.35. The number of halogens is 5. The molecule has 0 radical (unpaired) electrons. The Hall–Kier alpha value is -1.74. The highest BCUT2D eigenvalue weighted by Gasteiger charge is 2.67. The predicted molar refractivity (Wildman–Crippen MR) is 132 cm³/mol. The Morgan fingerprint density at radius 2 is 1.79 bits per heavy atom. The van der Waals surface area contributed by atoms with Crippen molar-refractivity contribution in [2.24, 2.45) is 5.92 Å². The molecule has 3 amide bonds. The van der Waals surface area contributed by atoms with Crippen LogP contribution >= 0.6 is 58.0 Å². The van der Waals surface area contributed by atoms with E-state index >= 15 is 0 Å². The number of alkyl halides is 2. The van der Waals surface area contributed by atoms with Crippen LogP contribution in [0.5, 0.6) is 0 Å². The van der Waals surface area contributed by atoms with Crippen LogP contribution in [0.1, 0.15) is 28.8 Å². The van der Waals surface area contributed by atoms with Crippen molar-refractivity contribution in [1.29, 1.82) is 0 Å². The van der Waals surface area contributed by atoms with E-state index in [-0.39, 0.29) is 23.1 Å². The van der Waals surface area contributed by atoms with Crippen molar-refractivity contribution in [1.82, 2.24) is 10.4 Å². The van der Waals surface area contributed by atoms with Gasteiger partial charge in [0.05, 0.1) is 16.5 Å². The summed E-state index contributed by atoms with van der Waals surface area (Å²) >= 11 is 31.1. The minimum absolute atomic E-state index is 0.0244. The molecule has 2 aromatic carbocycles. The first-order valence-electron chi connectivity index (χ1n) is 10.2. The average Bonchev–Trinajstić information content (AvgIpc) is 3.18. The number of benzene rings is 2. The van der Waals surface area contributed by atoms with E-state index < -0.39 is 34.0 Å². The molecule has 1 heterocycles. The molecule has 12 heteroatoms. The summed E-state index contributed by atoms with van der Waals surface area (Å²) in [6.45, 7) is 2.14. The molecular formula is C22H18Cl5N3O4. The minimum atomic E-state index is -1.35. The zero-order valence-electron chi connectivity index (χ0n) is 17.6. The Labute approximate surface area is 220 Å². The van der Waals surface area contributed by atoms with Gasteiger partial charge in [-0.25, -0.2) is 5.06 Å². The summed E-state index contributed by atoms with van der Waals surface area (Å²) in [5, 5.41) is 7.44. The summed E-state index contributed by atoms with van der Waals surface area (Å²) in [4.78, 5) is 43.1. The molecule has 0 aromatic heterocycles. The highest BCUT2D eigenvalue weighted by atomic mass is 35.5. The van der Waals surface area contributed by atoms with Gasteiger partial charge in [-0.05, 0) is 48.9 Å². The molecule has 3 unspecified atom stereocenters. The van der Waals surface area contributed by atoms with Crippen LogP contribution in [0, 0.1) is 5.92 Å². The third-order valence-corrected chi connectivity index (χ3v) is 7.30. The first-order chi connectivity index (χ1) is 16.0. The van der Waals surface area contributed by atoms with Crippen molar-refractivity contribution in [2.75, 3.05) is 18.5 Å². The highest BCUT2D eigenvalue weighted by molar-refractivity contribution is 6.53. The zero-order chi connectivity index (χ0) is 24.8. The van der Waals surface area contributed by atoms with Crippen LogP contribution in [0.3, 0.4) is 0 Å². The van der Waals surface area contributed by atoms with E-state index in [1.165, 1.54) is 23.3 Å². The minimum Gasteiger partial charge on any atom is -0.338 e. The number of hydroxylamine groups is 2. The van der Waals surface area contributed by atoms with Gasteiger partial charge in [-0.2, -0.15) is 0 Å². The number of nitrogens with one attached hydrogen (secondary N) is 2. The van der Waals surface area contributed by atoms with Gasteiger partial charge in [-0.1, -0.05) is 34.8 Å². The molecule has 2 aliphatic rings. The standard InChI is InChI=1S/C22H18Cl5N3O4/c1-2-30-21(33)16(9-34-30)29-19(31)14-8-13(3-4-15(14)25)28-20(32)18-17(22(18,26)27)10-5-11(23)7-12(24)6-10/h3-8,16-18H,2,9H2,1H3,(H,28,32)(H,29,31). The lowest BCUT2D eigenvalue weighted by Crippen LogP contribution is -2.42. The third-order valence-electron chi connectivity index (χ3n) is 5.59. The first-order valence-corrected chi connectivity index (χ1v) is 12.1. The second kappa shape index (κ2) is 9.72. The molecule has 0 spiro atoms. The van der Waals surface area contributed by atoms with Crippen molar-refractivity contribution in [2.45, 2.75) is 23.2 Å². The van der Waals surface area contributed by atoms with Gasteiger partial charge in [0.15, 0.2) is 0 Å². The van der Waals surface area contributed by atoms with Gasteiger partial charge in [0.25, 0.3) is 11.8 Å². The smallest absolute Gasteiger partial charge is 0.271 e. The quantitative estimate of drug-likeness (QED) is 0.479. The fourth-order valence-electron chi connectivity index (χ4n) is 3.88.